The molecule has 5 aliphatic rings. The first-order valence-electron chi connectivity index (χ1n) is 11.1. The smallest absolute Gasteiger partial charge is 0.302 e. The lowest BCUT2D eigenvalue weighted by Gasteiger charge is -2.58. The van der Waals surface area contributed by atoms with Gasteiger partial charge in [-0.15, -0.1) is 0 Å². The van der Waals surface area contributed by atoms with E-state index < -0.39 is 0 Å². The molecule has 5 heteroatoms. The highest BCUT2D eigenvalue weighted by Crippen LogP contribution is 2.66. The van der Waals surface area contributed by atoms with Crippen molar-refractivity contribution in [1.29, 1.82) is 0 Å². The van der Waals surface area contributed by atoms with Crippen LogP contribution in [-0.2, 0) is 14.3 Å². The van der Waals surface area contributed by atoms with Gasteiger partial charge in [-0.2, -0.15) is 10.2 Å². The van der Waals surface area contributed by atoms with Gasteiger partial charge in [-0.1, -0.05) is 25.5 Å². The summed E-state index contributed by atoms with van der Waals surface area (Å²) >= 11 is 0. The van der Waals surface area contributed by atoms with Gasteiger partial charge in [0.2, 0.25) is 6.17 Å². The van der Waals surface area contributed by atoms with E-state index >= 15 is 0 Å². The van der Waals surface area contributed by atoms with E-state index in [0.717, 1.165) is 38.5 Å². The molecule has 0 N–H and O–H groups in total. The lowest BCUT2D eigenvalue weighted by Crippen LogP contribution is -2.51. The summed E-state index contributed by atoms with van der Waals surface area (Å²) in [7, 11) is 0. The third-order valence-electron chi connectivity index (χ3n) is 9.22. The normalized spacial score (nSPS) is 46.8. The average Bonchev–Trinajstić information content (AvgIpc) is 3.43. The summed E-state index contributed by atoms with van der Waals surface area (Å²) < 4.78 is 5.54. The molecule has 5 rings (SSSR count). The van der Waals surface area contributed by atoms with Crippen LogP contribution in [0.25, 0.3) is 0 Å². The van der Waals surface area contributed by atoms with Crippen molar-refractivity contribution in [2.24, 2.45) is 44.7 Å². The Kier molecular flexibility index (Phi) is 4.12. The standard InChI is InChI=1S/C23H32N2O3/c1-13(26)28-15-8-10-22(2)14(12-15)4-5-16-17-6-7-19(20(27)21-24-25-21)23(17,3)11-9-18(16)22/h4,15-19,21H,5-12H2,1-3H3/t15-,16-,17-,18-,19+,22-,23-/m0/s1. The number of esters is 1. The largest absolute Gasteiger partial charge is 0.462 e. The predicted octanol–water partition coefficient (Wildman–Crippen LogP) is 4.86. The minimum absolute atomic E-state index is 0.0572. The maximum Gasteiger partial charge on any atom is 0.302 e. The number of hydrogen-bond donors (Lipinski definition) is 0. The molecule has 3 saturated carbocycles. The quantitative estimate of drug-likeness (QED) is 0.515. The summed E-state index contributed by atoms with van der Waals surface area (Å²) in [5, 5.41) is 7.84. The molecule has 7 atom stereocenters. The Bertz CT molecular complexity index is 768. The van der Waals surface area contributed by atoms with Gasteiger partial charge in [0.05, 0.1) is 0 Å². The minimum atomic E-state index is -0.342. The molecule has 1 heterocycles. The Balaban J connectivity index is 1.38. The number of ketones is 1. The van der Waals surface area contributed by atoms with Crippen LogP contribution in [0, 0.1) is 34.5 Å². The number of carbonyl (C=O) groups excluding carboxylic acids is 2. The van der Waals surface area contributed by atoms with Crippen molar-refractivity contribution < 1.29 is 14.3 Å². The van der Waals surface area contributed by atoms with E-state index in [-0.39, 0.29) is 40.8 Å². The second-order valence-electron chi connectivity index (χ2n) is 10.4. The molecule has 0 aromatic heterocycles. The molecule has 0 radical (unpaired) electrons. The molecule has 0 spiro atoms. The van der Waals surface area contributed by atoms with Gasteiger partial charge < -0.3 is 4.74 Å². The Morgan fingerprint density at radius 2 is 1.86 bits per heavy atom. The molecule has 0 bridgehead atoms. The fraction of sp³-hybridized carbons (Fsp3) is 0.826. The zero-order valence-corrected chi connectivity index (χ0v) is 17.3. The summed E-state index contributed by atoms with van der Waals surface area (Å²) in [5.41, 5.74) is 1.89. The molecular weight excluding hydrogens is 352 g/mol. The second-order valence-corrected chi connectivity index (χ2v) is 10.4. The van der Waals surface area contributed by atoms with Crippen LogP contribution < -0.4 is 0 Å². The first-order valence-corrected chi connectivity index (χ1v) is 11.1. The zero-order valence-electron chi connectivity index (χ0n) is 17.3. The highest BCUT2D eigenvalue weighted by Gasteiger charge is 2.60. The van der Waals surface area contributed by atoms with Crippen molar-refractivity contribution in [3.63, 3.8) is 0 Å². The molecule has 28 heavy (non-hydrogen) atoms. The number of nitrogens with zero attached hydrogens (tertiary/aromatic N) is 2. The number of fused-ring (bicyclic) bond motifs is 5. The van der Waals surface area contributed by atoms with Crippen LogP contribution in [0.1, 0.15) is 72.1 Å². The van der Waals surface area contributed by atoms with Gasteiger partial charge in [0.15, 0.2) is 5.78 Å². The van der Waals surface area contributed by atoms with Crippen molar-refractivity contribution in [2.75, 3.05) is 0 Å². The minimum Gasteiger partial charge on any atom is -0.462 e. The van der Waals surface area contributed by atoms with Gasteiger partial charge in [0.25, 0.3) is 0 Å². The zero-order chi connectivity index (χ0) is 19.7. The lowest BCUT2D eigenvalue weighted by atomic mass is 9.47. The van der Waals surface area contributed by atoms with Gasteiger partial charge in [-0.05, 0) is 73.5 Å². The summed E-state index contributed by atoms with van der Waals surface area (Å²) in [6, 6.07) is 0. The third-order valence-corrected chi connectivity index (χ3v) is 9.22. The highest BCUT2D eigenvalue weighted by molar-refractivity contribution is 5.88. The molecule has 152 valence electrons. The van der Waals surface area contributed by atoms with Crippen molar-refractivity contribution >= 4 is 11.8 Å². The third kappa shape index (κ3) is 2.64. The number of Topliss-reactive ketones (excluding diaryl/α,β-unsaturated/α-hetero) is 1. The van der Waals surface area contributed by atoms with E-state index in [2.05, 4.69) is 30.2 Å². The fourth-order valence-electron chi connectivity index (χ4n) is 7.76. The number of rotatable bonds is 3. The molecule has 4 aliphatic carbocycles. The SMILES string of the molecule is CC(=O)O[C@H]1CC[C@@]2(C)C(=CC[C@H]3[C@@H]4CC[C@H](C(=O)C5N=N5)[C@@]4(C)CC[C@@H]32)C1. The summed E-state index contributed by atoms with van der Waals surface area (Å²) in [5.74, 6) is 2.29. The van der Waals surface area contributed by atoms with E-state index in [9.17, 15) is 9.59 Å². The van der Waals surface area contributed by atoms with Crippen LogP contribution in [0.4, 0.5) is 0 Å². The van der Waals surface area contributed by atoms with Crippen molar-refractivity contribution in [3.8, 4) is 0 Å². The van der Waals surface area contributed by atoms with E-state index in [4.69, 9.17) is 4.74 Å². The first kappa shape index (κ1) is 18.5. The summed E-state index contributed by atoms with van der Waals surface area (Å²) in [4.78, 5) is 24.2. The van der Waals surface area contributed by atoms with E-state index in [1.54, 1.807) is 0 Å². The Morgan fingerprint density at radius 1 is 1.07 bits per heavy atom. The van der Waals surface area contributed by atoms with Crippen LogP contribution in [0.5, 0.6) is 0 Å². The van der Waals surface area contributed by atoms with Gasteiger partial charge in [-0.25, -0.2) is 0 Å². The molecule has 3 fully saturated rings. The molecule has 0 aromatic carbocycles. The Hall–Kier alpha value is -1.52. The predicted molar refractivity (Wildman–Crippen MR) is 104 cm³/mol. The van der Waals surface area contributed by atoms with Crippen molar-refractivity contribution in [3.05, 3.63) is 11.6 Å². The second kappa shape index (κ2) is 6.24. The van der Waals surface area contributed by atoms with Crippen LogP contribution in [-0.4, -0.2) is 24.0 Å². The average molecular weight is 385 g/mol. The van der Waals surface area contributed by atoms with Gasteiger partial charge in [-0.3, -0.25) is 9.59 Å². The van der Waals surface area contributed by atoms with Gasteiger partial charge in [0, 0.05) is 19.3 Å². The number of hydrogen-bond acceptors (Lipinski definition) is 5. The van der Waals surface area contributed by atoms with Crippen LogP contribution >= 0.6 is 0 Å². The van der Waals surface area contributed by atoms with E-state index in [1.165, 1.54) is 25.3 Å². The lowest BCUT2D eigenvalue weighted by molar-refractivity contribution is -0.149. The molecule has 0 amide bonds. The Morgan fingerprint density at radius 3 is 2.57 bits per heavy atom. The summed E-state index contributed by atoms with van der Waals surface area (Å²) in [6.45, 7) is 6.36. The highest BCUT2D eigenvalue weighted by atomic mass is 16.5. The van der Waals surface area contributed by atoms with Crippen molar-refractivity contribution in [1.82, 2.24) is 0 Å². The van der Waals surface area contributed by atoms with Gasteiger partial charge >= 0.3 is 5.97 Å². The van der Waals surface area contributed by atoms with Crippen LogP contribution in [0.2, 0.25) is 0 Å². The molecule has 0 unspecified atom stereocenters. The number of carbonyl (C=O) groups is 2. The Labute approximate surface area is 167 Å². The maximum atomic E-state index is 12.8. The van der Waals surface area contributed by atoms with Gasteiger partial charge in [0.1, 0.15) is 6.10 Å². The molecule has 1 aliphatic heterocycles. The summed E-state index contributed by atoms with van der Waals surface area (Å²) in [6.07, 6.45) is 10.9. The fourth-order valence-corrected chi connectivity index (χ4v) is 7.76. The van der Waals surface area contributed by atoms with Crippen LogP contribution in [0.3, 0.4) is 0 Å². The molecular formula is C23H32N2O3. The van der Waals surface area contributed by atoms with Crippen LogP contribution in [0.15, 0.2) is 21.9 Å². The topological polar surface area (TPSA) is 68.1 Å². The first-order chi connectivity index (χ1) is 13.3. The van der Waals surface area contributed by atoms with E-state index in [0.29, 0.717) is 17.8 Å². The molecule has 5 nitrogen and oxygen atoms in total. The number of allylic oxidation sites excluding steroid dienone is 1. The molecule has 0 aromatic rings. The molecule has 0 saturated heterocycles. The van der Waals surface area contributed by atoms with Crippen molar-refractivity contribution in [2.45, 2.75) is 84.4 Å². The monoisotopic (exact) mass is 384 g/mol. The van der Waals surface area contributed by atoms with E-state index in [1.807, 2.05) is 0 Å². The maximum absolute atomic E-state index is 12.8. The number of ether oxygens (including phenoxy) is 1.